The molecule has 0 aliphatic heterocycles. The highest BCUT2D eigenvalue weighted by atomic mass is 32.2. The summed E-state index contributed by atoms with van der Waals surface area (Å²) in [5, 5.41) is 4.98. The molecular weight excluding hydrogens is 320 g/mol. The van der Waals surface area contributed by atoms with Crippen LogP contribution in [0.5, 0.6) is 0 Å². The Morgan fingerprint density at radius 2 is 2.14 bits per heavy atom. The van der Waals surface area contributed by atoms with Gasteiger partial charge in [0.1, 0.15) is 5.56 Å². The fourth-order valence-electron chi connectivity index (χ4n) is 1.61. The second-order valence-electron chi connectivity index (χ2n) is 4.04. The molecule has 1 aromatic heterocycles. The lowest BCUT2D eigenvalue weighted by Crippen LogP contribution is -2.18. The van der Waals surface area contributed by atoms with Crippen molar-refractivity contribution < 1.29 is 26.7 Å². The molecule has 0 spiro atoms. The van der Waals surface area contributed by atoms with E-state index >= 15 is 0 Å². The molecule has 2 rings (SSSR count). The molecule has 0 atom stereocenters. The number of aromatic amines is 1. The number of carbonyl (C=O) groups excluding carboxylic acids is 1. The summed E-state index contributed by atoms with van der Waals surface area (Å²) in [6, 6.07) is 3.01. The first-order chi connectivity index (χ1) is 10.4. The van der Waals surface area contributed by atoms with Crippen molar-refractivity contribution in [2.45, 2.75) is 11.9 Å². The maximum atomic E-state index is 13.5. The number of sulfonamides is 1. The van der Waals surface area contributed by atoms with E-state index in [1.165, 1.54) is 0 Å². The minimum atomic E-state index is -4.38. The van der Waals surface area contributed by atoms with Gasteiger partial charge in [0.2, 0.25) is 0 Å². The third-order valence-corrected chi connectivity index (χ3v) is 3.90. The van der Waals surface area contributed by atoms with Gasteiger partial charge in [-0.2, -0.15) is 13.5 Å². The fourth-order valence-corrected chi connectivity index (χ4v) is 2.76. The van der Waals surface area contributed by atoms with E-state index in [-0.39, 0.29) is 12.2 Å². The van der Waals surface area contributed by atoms with Crippen molar-refractivity contribution >= 4 is 21.7 Å². The Labute approximate surface area is 124 Å². The van der Waals surface area contributed by atoms with Crippen molar-refractivity contribution in [1.29, 1.82) is 0 Å². The summed E-state index contributed by atoms with van der Waals surface area (Å²) in [7, 11) is -4.38. The number of rotatable bonds is 5. The van der Waals surface area contributed by atoms with Gasteiger partial charge in [0, 0.05) is 0 Å². The summed E-state index contributed by atoms with van der Waals surface area (Å²) in [6.45, 7) is 1.59. The molecule has 7 nitrogen and oxygen atoms in total. The van der Waals surface area contributed by atoms with Crippen LogP contribution in [0, 0.1) is 11.6 Å². The number of H-pyrrole nitrogens is 1. The van der Waals surface area contributed by atoms with E-state index in [9.17, 15) is 22.0 Å². The van der Waals surface area contributed by atoms with Gasteiger partial charge in [-0.05, 0) is 19.1 Å². The van der Waals surface area contributed by atoms with Crippen LogP contribution in [0.1, 0.15) is 17.3 Å². The zero-order valence-corrected chi connectivity index (χ0v) is 12.1. The Kier molecular flexibility index (Phi) is 4.40. The zero-order chi connectivity index (χ0) is 16.3. The normalized spacial score (nSPS) is 11.2. The quantitative estimate of drug-likeness (QED) is 0.812. The minimum absolute atomic E-state index is 0.0372. The molecule has 0 radical (unpaired) electrons. The molecule has 0 saturated heterocycles. The standard InChI is InChI=1S/C12H11F2N3O4S/c1-2-21-12(18)7-6-15-16-11(7)22(19,20)17-9-5-3-4-8(13)10(9)14/h3-6,17H,2H2,1H3,(H,15,16). The lowest BCUT2D eigenvalue weighted by Gasteiger charge is -2.09. The first-order valence-corrected chi connectivity index (χ1v) is 7.52. The summed E-state index contributed by atoms with van der Waals surface area (Å²) in [5.41, 5.74) is -0.935. The Morgan fingerprint density at radius 1 is 1.41 bits per heavy atom. The second-order valence-corrected chi connectivity index (χ2v) is 5.66. The summed E-state index contributed by atoms with van der Waals surface area (Å²) in [4.78, 5) is 11.6. The topological polar surface area (TPSA) is 101 Å². The Morgan fingerprint density at radius 3 is 2.82 bits per heavy atom. The van der Waals surface area contributed by atoms with Gasteiger partial charge >= 0.3 is 5.97 Å². The molecule has 0 aliphatic rings. The molecule has 2 N–H and O–H groups in total. The number of hydrogen-bond donors (Lipinski definition) is 2. The van der Waals surface area contributed by atoms with Crippen LogP contribution in [-0.2, 0) is 14.8 Å². The SMILES string of the molecule is CCOC(=O)c1cn[nH]c1S(=O)(=O)Nc1cccc(F)c1F. The Hall–Kier alpha value is -2.49. The summed E-state index contributed by atoms with van der Waals surface area (Å²) >= 11 is 0. The predicted molar refractivity (Wildman–Crippen MR) is 71.7 cm³/mol. The lowest BCUT2D eigenvalue weighted by molar-refractivity contribution is 0.0522. The van der Waals surface area contributed by atoms with Gasteiger partial charge in [-0.25, -0.2) is 13.6 Å². The molecule has 118 valence electrons. The average molecular weight is 331 g/mol. The highest BCUT2D eigenvalue weighted by Gasteiger charge is 2.27. The van der Waals surface area contributed by atoms with Crippen LogP contribution in [0.3, 0.4) is 0 Å². The molecule has 0 fully saturated rings. The Balaban J connectivity index is 2.38. The van der Waals surface area contributed by atoms with Gasteiger partial charge in [0.25, 0.3) is 10.0 Å². The van der Waals surface area contributed by atoms with Crippen molar-refractivity contribution in [3.8, 4) is 0 Å². The minimum Gasteiger partial charge on any atom is -0.462 e. The Bertz CT molecular complexity index is 804. The third kappa shape index (κ3) is 3.06. The van der Waals surface area contributed by atoms with Gasteiger partial charge in [0.15, 0.2) is 16.7 Å². The number of nitrogens with zero attached hydrogens (tertiary/aromatic N) is 1. The number of esters is 1. The monoisotopic (exact) mass is 331 g/mol. The van der Waals surface area contributed by atoms with Crippen LogP contribution >= 0.6 is 0 Å². The highest BCUT2D eigenvalue weighted by molar-refractivity contribution is 7.92. The number of nitrogens with one attached hydrogen (secondary N) is 2. The van der Waals surface area contributed by atoms with E-state index in [1.54, 1.807) is 6.92 Å². The maximum Gasteiger partial charge on any atom is 0.342 e. The van der Waals surface area contributed by atoms with Crippen molar-refractivity contribution in [2.24, 2.45) is 0 Å². The van der Waals surface area contributed by atoms with E-state index in [1.807, 2.05) is 4.72 Å². The molecule has 0 bridgehead atoms. The molecule has 1 heterocycles. The van der Waals surface area contributed by atoms with E-state index in [2.05, 4.69) is 14.9 Å². The molecule has 2 aromatic rings. The van der Waals surface area contributed by atoms with Crippen LogP contribution in [-0.4, -0.2) is 31.2 Å². The van der Waals surface area contributed by atoms with E-state index in [4.69, 9.17) is 0 Å². The number of ether oxygens (including phenoxy) is 1. The molecule has 1 aromatic carbocycles. The lowest BCUT2D eigenvalue weighted by atomic mass is 10.3. The maximum absolute atomic E-state index is 13.5. The molecule has 22 heavy (non-hydrogen) atoms. The van der Waals surface area contributed by atoms with Gasteiger partial charge < -0.3 is 4.74 Å². The largest absolute Gasteiger partial charge is 0.462 e. The number of aromatic nitrogens is 2. The molecule has 0 unspecified atom stereocenters. The van der Waals surface area contributed by atoms with Crippen LogP contribution in [0.15, 0.2) is 29.4 Å². The number of halogens is 2. The van der Waals surface area contributed by atoms with Crippen LogP contribution in [0.25, 0.3) is 0 Å². The summed E-state index contributed by atoms with van der Waals surface area (Å²) in [6.07, 6.45) is 0.967. The first kappa shape index (κ1) is 15.9. The van der Waals surface area contributed by atoms with Gasteiger partial charge in [-0.15, -0.1) is 0 Å². The molecule has 0 amide bonds. The van der Waals surface area contributed by atoms with Crippen LogP contribution in [0.4, 0.5) is 14.5 Å². The highest BCUT2D eigenvalue weighted by Crippen LogP contribution is 2.22. The summed E-state index contributed by atoms with van der Waals surface area (Å²) < 4.78 is 57.5. The smallest absolute Gasteiger partial charge is 0.342 e. The third-order valence-electron chi connectivity index (χ3n) is 2.56. The molecule has 10 heteroatoms. The predicted octanol–water partition coefficient (Wildman–Crippen LogP) is 1.67. The number of hydrogen-bond acceptors (Lipinski definition) is 5. The molecular formula is C12H11F2N3O4S. The van der Waals surface area contributed by atoms with Gasteiger partial charge in [-0.3, -0.25) is 9.82 Å². The second kappa shape index (κ2) is 6.10. The van der Waals surface area contributed by atoms with Crippen molar-refractivity contribution in [3.05, 3.63) is 41.6 Å². The van der Waals surface area contributed by atoms with Crippen LogP contribution < -0.4 is 4.72 Å². The van der Waals surface area contributed by atoms with E-state index < -0.39 is 38.3 Å². The number of anilines is 1. The number of carbonyl (C=O) groups is 1. The zero-order valence-electron chi connectivity index (χ0n) is 11.3. The van der Waals surface area contributed by atoms with Crippen molar-refractivity contribution in [1.82, 2.24) is 10.2 Å². The van der Waals surface area contributed by atoms with Crippen molar-refractivity contribution in [2.75, 3.05) is 11.3 Å². The first-order valence-electron chi connectivity index (χ1n) is 6.04. The van der Waals surface area contributed by atoms with E-state index in [0.717, 1.165) is 24.4 Å². The van der Waals surface area contributed by atoms with Gasteiger partial charge in [0.05, 0.1) is 18.5 Å². The average Bonchev–Trinajstić information content (AvgIpc) is 2.94. The summed E-state index contributed by atoms with van der Waals surface area (Å²) in [5.74, 6) is -3.48. The molecule has 0 aliphatic carbocycles. The van der Waals surface area contributed by atoms with Gasteiger partial charge in [-0.1, -0.05) is 6.07 Å². The van der Waals surface area contributed by atoms with E-state index in [0.29, 0.717) is 0 Å². The number of benzene rings is 1. The molecule has 0 saturated carbocycles. The van der Waals surface area contributed by atoms with Crippen LogP contribution in [0.2, 0.25) is 0 Å². The van der Waals surface area contributed by atoms with Crippen molar-refractivity contribution in [3.63, 3.8) is 0 Å². The fraction of sp³-hybridized carbons (Fsp3) is 0.167.